The molecule has 4 nitrogen and oxygen atoms in total. The van der Waals surface area contributed by atoms with E-state index in [1.165, 1.54) is 5.52 Å². The lowest BCUT2D eigenvalue weighted by atomic mass is 10.3. The topological polar surface area (TPSA) is 33.1 Å². The molecular weight excluding hydrogens is 236 g/mol. The minimum Gasteiger partial charge on any atom is -0.329 e. The molecule has 0 aliphatic carbocycles. The van der Waals surface area contributed by atoms with Crippen LogP contribution >= 0.6 is 0 Å². The molecule has 0 atom stereocenters. The van der Waals surface area contributed by atoms with Gasteiger partial charge in [0.25, 0.3) is 0 Å². The van der Waals surface area contributed by atoms with Crippen LogP contribution in [0.15, 0.2) is 30.6 Å². The Morgan fingerprint density at radius 1 is 1.26 bits per heavy atom. The quantitative estimate of drug-likeness (QED) is 0.826. The summed E-state index contributed by atoms with van der Waals surface area (Å²) in [5.41, 5.74) is 2.29. The van der Waals surface area contributed by atoms with E-state index in [0.29, 0.717) is 6.04 Å². The van der Waals surface area contributed by atoms with Gasteiger partial charge in [0, 0.05) is 32.2 Å². The zero-order valence-corrected chi connectivity index (χ0v) is 12.1. The maximum absolute atomic E-state index is 4.41. The molecule has 19 heavy (non-hydrogen) atoms. The van der Waals surface area contributed by atoms with E-state index in [0.717, 1.165) is 31.7 Å². The third-order valence-electron chi connectivity index (χ3n) is 3.30. The van der Waals surface area contributed by atoms with Gasteiger partial charge in [0.15, 0.2) is 0 Å². The molecule has 1 aromatic heterocycles. The van der Waals surface area contributed by atoms with E-state index in [1.54, 1.807) is 0 Å². The molecule has 1 heterocycles. The van der Waals surface area contributed by atoms with Crippen LogP contribution in [-0.4, -0.2) is 47.2 Å². The number of benzene rings is 1. The van der Waals surface area contributed by atoms with Gasteiger partial charge in [-0.1, -0.05) is 26.0 Å². The van der Waals surface area contributed by atoms with Crippen LogP contribution in [0.2, 0.25) is 0 Å². The summed E-state index contributed by atoms with van der Waals surface area (Å²) in [5, 5.41) is 3.44. The number of hydrogen-bond acceptors (Lipinski definition) is 3. The molecule has 0 spiro atoms. The van der Waals surface area contributed by atoms with Crippen molar-refractivity contribution in [2.45, 2.75) is 26.4 Å². The number of nitrogens with one attached hydrogen (secondary N) is 1. The first kappa shape index (κ1) is 14.0. The summed E-state index contributed by atoms with van der Waals surface area (Å²) in [5.74, 6) is 0. The van der Waals surface area contributed by atoms with Crippen molar-refractivity contribution in [2.24, 2.45) is 0 Å². The molecule has 1 N–H and O–H groups in total. The fourth-order valence-electron chi connectivity index (χ4n) is 2.12. The molecule has 2 rings (SSSR count). The Labute approximate surface area is 115 Å². The summed E-state index contributed by atoms with van der Waals surface area (Å²) >= 11 is 0. The predicted octanol–water partition coefficient (Wildman–Crippen LogP) is 1.97. The molecule has 0 fully saturated rings. The fraction of sp³-hybridized carbons (Fsp3) is 0.533. The van der Waals surface area contributed by atoms with E-state index in [-0.39, 0.29) is 0 Å². The van der Waals surface area contributed by atoms with Crippen molar-refractivity contribution in [3.63, 3.8) is 0 Å². The monoisotopic (exact) mass is 260 g/mol. The summed E-state index contributed by atoms with van der Waals surface area (Å²) in [6, 6.07) is 8.84. The number of nitrogens with zero attached hydrogens (tertiary/aromatic N) is 3. The van der Waals surface area contributed by atoms with E-state index < -0.39 is 0 Å². The van der Waals surface area contributed by atoms with Gasteiger partial charge in [-0.3, -0.25) is 0 Å². The van der Waals surface area contributed by atoms with Crippen molar-refractivity contribution < 1.29 is 0 Å². The molecule has 0 unspecified atom stereocenters. The van der Waals surface area contributed by atoms with Crippen LogP contribution in [0.4, 0.5) is 0 Å². The van der Waals surface area contributed by atoms with E-state index in [9.17, 15) is 0 Å². The second-order valence-corrected chi connectivity index (χ2v) is 5.34. The SMILES string of the molecule is CC(C)NCCN(C)CCn1cnc2ccccc21. The zero-order valence-electron chi connectivity index (χ0n) is 12.1. The Balaban J connectivity index is 1.81. The number of aromatic nitrogens is 2. The number of imidazole rings is 1. The van der Waals surface area contributed by atoms with Gasteiger partial charge in [-0.05, 0) is 19.2 Å². The number of para-hydroxylation sites is 2. The van der Waals surface area contributed by atoms with Crippen LogP contribution in [0.25, 0.3) is 11.0 Å². The highest BCUT2D eigenvalue weighted by molar-refractivity contribution is 5.74. The molecule has 4 heteroatoms. The average Bonchev–Trinajstić information content (AvgIpc) is 2.79. The number of fused-ring (bicyclic) bond motifs is 1. The molecule has 2 aromatic rings. The third kappa shape index (κ3) is 4.04. The minimum atomic E-state index is 0.561. The molecule has 0 aliphatic heterocycles. The van der Waals surface area contributed by atoms with Crippen molar-refractivity contribution in [3.05, 3.63) is 30.6 Å². The van der Waals surface area contributed by atoms with E-state index in [4.69, 9.17) is 0 Å². The molecule has 104 valence electrons. The summed E-state index contributed by atoms with van der Waals surface area (Å²) in [6.45, 7) is 8.50. The van der Waals surface area contributed by atoms with Gasteiger partial charge in [-0.25, -0.2) is 4.98 Å². The number of likely N-dealkylation sites (N-methyl/N-ethyl adjacent to an activating group) is 1. The Morgan fingerprint density at radius 2 is 2.05 bits per heavy atom. The summed E-state index contributed by atoms with van der Waals surface area (Å²) < 4.78 is 2.22. The highest BCUT2D eigenvalue weighted by Gasteiger charge is 2.03. The Morgan fingerprint density at radius 3 is 2.84 bits per heavy atom. The molecular formula is C15H24N4. The molecule has 0 saturated carbocycles. The molecule has 0 saturated heterocycles. The number of hydrogen-bond donors (Lipinski definition) is 1. The van der Waals surface area contributed by atoms with Crippen molar-refractivity contribution >= 4 is 11.0 Å². The Kier molecular flexibility index (Phi) is 4.93. The molecule has 0 bridgehead atoms. The van der Waals surface area contributed by atoms with Crippen LogP contribution in [-0.2, 0) is 6.54 Å². The van der Waals surface area contributed by atoms with E-state index >= 15 is 0 Å². The van der Waals surface area contributed by atoms with Crippen LogP contribution in [0.3, 0.4) is 0 Å². The first-order valence-corrected chi connectivity index (χ1v) is 6.98. The van der Waals surface area contributed by atoms with E-state index in [1.807, 2.05) is 12.4 Å². The normalized spacial score (nSPS) is 11.8. The lowest BCUT2D eigenvalue weighted by Crippen LogP contribution is -2.34. The van der Waals surface area contributed by atoms with Crippen LogP contribution < -0.4 is 5.32 Å². The van der Waals surface area contributed by atoms with Crippen molar-refractivity contribution in [3.8, 4) is 0 Å². The maximum Gasteiger partial charge on any atom is 0.0958 e. The smallest absolute Gasteiger partial charge is 0.0958 e. The summed E-state index contributed by atoms with van der Waals surface area (Å²) in [7, 11) is 2.17. The lowest BCUT2D eigenvalue weighted by Gasteiger charge is -2.18. The van der Waals surface area contributed by atoms with E-state index in [2.05, 4.69) is 58.9 Å². The van der Waals surface area contributed by atoms with Gasteiger partial charge in [-0.15, -0.1) is 0 Å². The Hall–Kier alpha value is -1.39. The van der Waals surface area contributed by atoms with Crippen LogP contribution in [0.1, 0.15) is 13.8 Å². The van der Waals surface area contributed by atoms with Gasteiger partial charge in [0.05, 0.1) is 17.4 Å². The van der Waals surface area contributed by atoms with Crippen molar-refractivity contribution in [1.29, 1.82) is 0 Å². The third-order valence-corrected chi connectivity index (χ3v) is 3.30. The standard InChI is InChI=1S/C15H24N4/c1-13(2)16-8-9-18(3)10-11-19-12-17-14-6-4-5-7-15(14)19/h4-7,12-13,16H,8-11H2,1-3H3. The fourth-order valence-corrected chi connectivity index (χ4v) is 2.12. The van der Waals surface area contributed by atoms with Gasteiger partial charge in [0.1, 0.15) is 0 Å². The predicted molar refractivity (Wildman–Crippen MR) is 80.4 cm³/mol. The second-order valence-electron chi connectivity index (χ2n) is 5.34. The lowest BCUT2D eigenvalue weighted by molar-refractivity contribution is 0.314. The van der Waals surface area contributed by atoms with Gasteiger partial charge < -0.3 is 14.8 Å². The molecule has 1 aromatic carbocycles. The highest BCUT2D eigenvalue weighted by Crippen LogP contribution is 2.11. The van der Waals surface area contributed by atoms with Gasteiger partial charge in [0.2, 0.25) is 0 Å². The number of rotatable bonds is 7. The van der Waals surface area contributed by atoms with Crippen LogP contribution in [0, 0.1) is 0 Å². The average molecular weight is 260 g/mol. The second kappa shape index (κ2) is 6.68. The highest BCUT2D eigenvalue weighted by atomic mass is 15.1. The summed E-state index contributed by atoms with van der Waals surface area (Å²) in [6.07, 6.45) is 1.94. The van der Waals surface area contributed by atoms with Gasteiger partial charge >= 0.3 is 0 Å². The first-order valence-electron chi connectivity index (χ1n) is 6.98. The minimum absolute atomic E-state index is 0.561. The molecule has 0 radical (unpaired) electrons. The van der Waals surface area contributed by atoms with Crippen molar-refractivity contribution in [2.75, 3.05) is 26.7 Å². The molecule has 0 aliphatic rings. The Bertz CT molecular complexity index is 504. The summed E-state index contributed by atoms with van der Waals surface area (Å²) in [4.78, 5) is 6.77. The first-order chi connectivity index (χ1) is 9.16. The molecule has 0 amide bonds. The largest absolute Gasteiger partial charge is 0.329 e. The van der Waals surface area contributed by atoms with Gasteiger partial charge in [-0.2, -0.15) is 0 Å². The zero-order chi connectivity index (χ0) is 13.7. The maximum atomic E-state index is 4.41. The van der Waals surface area contributed by atoms with Crippen LogP contribution in [0.5, 0.6) is 0 Å². The van der Waals surface area contributed by atoms with Crippen molar-refractivity contribution in [1.82, 2.24) is 19.8 Å².